The SMILES string of the molecule is CCOc1ccc(C2(O)CCN3CCC2C3)cc1. The first-order chi connectivity index (χ1) is 8.72. The van der Waals surface area contributed by atoms with Crippen LogP contribution in [0.15, 0.2) is 24.3 Å². The van der Waals surface area contributed by atoms with E-state index >= 15 is 0 Å². The largest absolute Gasteiger partial charge is 0.494 e. The van der Waals surface area contributed by atoms with Crippen molar-refractivity contribution in [2.45, 2.75) is 25.4 Å². The molecule has 1 aromatic carbocycles. The van der Waals surface area contributed by atoms with Crippen molar-refractivity contribution in [3.8, 4) is 5.75 Å². The molecule has 18 heavy (non-hydrogen) atoms. The van der Waals surface area contributed by atoms with Gasteiger partial charge in [-0.3, -0.25) is 0 Å². The maximum Gasteiger partial charge on any atom is 0.119 e. The molecular weight excluding hydrogens is 226 g/mol. The Kier molecular flexibility index (Phi) is 3.04. The highest BCUT2D eigenvalue weighted by Gasteiger charge is 2.45. The van der Waals surface area contributed by atoms with Gasteiger partial charge in [0, 0.05) is 19.0 Å². The molecule has 0 aromatic heterocycles. The Labute approximate surface area is 108 Å². The second-order valence-corrected chi connectivity index (χ2v) is 5.42. The molecule has 3 nitrogen and oxygen atoms in total. The lowest BCUT2D eigenvalue weighted by molar-refractivity contribution is -0.0502. The Bertz CT molecular complexity index is 417. The van der Waals surface area contributed by atoms with Gasteiger partial charge in [0.05, 0.1) is 12.2 Å². The van der Waals surface area contributed by atoms with Crippen LogP contribution in [-0.2, 0) is 5.60 Å². The van der Waals surface area contributed by atoms with Crippen molar-refractivity contribution in [2.24, 2.45) is 5.92 Å². The fraction of sp³-hybridized carbons (Fsp3) is 0.600. The second-order valence-electron chi connectivity index (χ2n) is 5.42. The molecule has 2 aliphatic rings. The van der Waals surface area contributed by atoms with E-state index in [-0.39, 0.29) is 0 Å². The van der Waals surface area contributed by atoms with Crippen LogP contribution < -0.4 is 4.74 Å². The summed E-state index contributed by atoms with van der Waals surface area (Å²) >= 11 is 0. The van der Waals surface area contributed by atoms with E-state index in [0.717, 1.165) is 43.8 Å². The molecule has 98 valence electrons. The first kappa shape index (κ1) is 12.0. The quantitative estimate of drug-likeness (QED) is 0.886. The number of piperidine rings is 1. The van der Waals surface area contributed by atoms with Crippen LogP contribution in [0.25, 0.3) is 0 Å². The Balaban J connectivity index is 1.84. The highest BCUT2D eigenvalue weighted by molar-refractivity contribution is 5.32. The van der Waals surface area contributed by atoms with Crippen LogP contribution in [0.3, 0.4) is 0 Å². The van der Waals surface area contributed by atoms with E-state index in [1.807, 2.05) is 31.2 Å². The van der Waals surface area contributed by atoms with Gasteiger partial charge in [-0.1, -0.05) is 12.1 Å². The average Bonchev–Trinajstić information content (AvgIpc) is 2.81. The summed E-state index contributed by atoms with van der Waals surface area (Å²) in [5, 5.41) is 11.0. The van der Waals surface area contributed by atoms with E-state index in [2.05, 4.69) is 4.90 Å². The van der Waals surface area contributed by atoms with Crippen molar-refractivity contribution in [1.82, 2.24) is 4.90 Å². The molecule has 2 bridgehead atoms. The van der Waals surface area contributed by atoms with Crippen molar-refractivity contribution in [2.75, 3.05) is 26.2 Å². The van der Waals surface area contributed by atoms with Crippen LogP contribution in [0.2, 0.25) is 0 Å². The number of fused-ring (bicyclic) bond motifs is 2. The third-order valence-corrected chi connectivity index (χ3v) is 4.42. The predicted molar refractivity (Wildman–Crippen MR) is 70.7 cm³/mol. The van der Waals surface area contributed by atoms with Crippen LogP contribution in [0, 0.1) is 5.92 Å². The molecule has 2 aliphatic heterocycles. The van der Waals surface area contributed by atoms with Crippen LogP contribution in [0.1, 0.15) is 25.3 Å². The third-order valence-electron chi connectivity index (χ3n) is 4.42. The maximum atomic E-state index is 11.0. The van der Waals surface area contributed by atoms with Crippen molar-refractivity contribution >= 4 is 0 Å². The summed E-state index contributed by atoms with van der Waals surface area (Å²) in [6.45, 7) is 5.87. The van der Waals surface area contributed by atoms with Gasteiger partial charge in [0.15, 0.2) is 0 Å². The summed E-state index contributed by atoms with van der Waals surface area (Å²) in [5.41, 5.74) is 0.426. The zero-order valence-electron chi connectivity index (χ0n) is 10.9. The van der Waals surface area contributed by atoms with E-state index in [9.17, 15) is 5.11 Å². The fourth-order valence-corrected chi connectivity index (χ4v) is 3.34. The summed E-state index contributed by atoms with van der Waals surface area (Å²) in [6.07, 6.45) is 1.97. The molecular formula is C15H21NO2. The van der Waals surface area contributed by atoms with Crippen LogP contribution in [0.4, 0.5) is 0 Å². The first-order valence-electron chi connectivity index (χ1n) is 6.90. The molecule has 0 radical (unpaired) electrons. The van der Waals surface area contributed by atoms with Gasteiger partial charge in [-0.25, -0.2) is 0 Å². The standard InChI is InChI=1S/C15H21NO2/c1-2-18-14-5-3-12(4-6-14)15(17)8-10-16-9-7-13(15)11-16/h3-6,13,17H,2,7-11H2,1H3. The minimum Gasteiger partial charge on any atom is -0.494 e. The third kappa shape index (κ3) is 1.91. The van der Waals surface area contributed by atoms with Gasteiger partial charge in [-0.2, -0.15) is 0 Å². The smallest absolute Gasteiger partial charge is 0.119 e. The zero-order chi connectivity index (χ0) is 12.6. The normalized spacial score (nSPS) is 34.6. The number of aliphatic hydroxyl groups is 1. The minimum atomic E-state index is -0.627. The van der Waals surface area contributed by atoms with Crippen LogP contribution in [-0.4, -0.2) is 36.2 Å². The molecule has 0 saturated carbocycles. The number of nitrogens with zero attached hydrogens (tertiary/aromatic N) is 1. The zero-order valence-corrected chi connectivity index (χ0v) is 10.9. The summed E-state index contributed by atoms with van der Waals surface area (Å²) in [4.78, 5) is 2.45. The molecule has 2 fully saturated rings. The Morgan fingerprint density at radius 2 is 2.11 bits per heavy atom. The fourth-order valence-electron chi connectivity index (χ4n) is 3.34. The Hall–Kier alpha value is -1.06. The lowest BCUT2D eigenvalue weighted by atomic mass is 9.77. The van der Waals surface area contributed by atoms with Gasteiger partial charge in [0.1, 0.15) is 5.75 Å². The number of hydrogen-bond acceptors (Lipinski definition) is 3. The van der Waals surface area contributed by atoms with Gasteiger partial charge in [0.2, 0.25) is 0 Å². The highest BCUT2D eigenvalue weighted by atomic mass is 16.5. The molecule has 1 aromatic rings. The van der Waals surface area contributed by atoms with Gasteiger partial charge < -0.3 is 14.7 Å². The topological polar surface area (TPSA) is 32.7 Å². The summed E-state index contributed by atoms with van der Waals surface area (Å²) in [7, 11) is 0. The molecule has 2 heterocycles. The number of ether oxygens (including phenoxy) is 1. The van der Waals surface area contributed by atoms with Gasteiger partial charge >= 0.3 is 0 Å². The number of hydrogen-bond donors (Lipinski definition) is 1. The molecule has 2 saturated heterocycles. The summed E-state index contributed by atoms with van der Waals surface area (Å²) in [6, 6.07) is 7.99. The van der Waals surface area contributed by atoms with Crippen molar-refractivity contribution in [3.05, 3.63) is 29.8 Å². The van der Waals surface area contributed by atoms with E-state index in [4.69, 9.17) is 4.74 Å². The monoisotopic (exact) mass is 247 g/mol. The minimum absolute atomic E-state index is 0.393. The molecule has 3 heteroatoms. The lowest BCUT2D eigenvalue weighted by Gasteiger charge is -2.39. The van der Waals surface area contributed by atoms with Crippen molar-refractivity contribution in [1.29, 1.82) is 0 Å². The van der Waals surface area contributed by atoms with Crippen LogP contribution in [0.5, 0.6) is 5.75 Å². The molecule has 0 spiro atoms. The second kappa shape index (κ2) is 4.56. The maximum absolute atomic E-state index is 11.0. The molecule has 1 N–H and O–H groups in total. The van der Waals surface area contributed by atoms with E-state index < -0.39 is 5.60 Å². The molecule has 3 rings (SSSR count). The summed E-state index contributed by atoms with van der Waals surface area (Å²) < 4.78 is 5.45. The van der Waals surface area contributed by atoms with Crippen molar-refractivity contribution < 1.29 is 9.84 Å². The Morgan fingerprint density at radius 1 is 1.33 bits per heavy atom. The van der Waals surface area contributed by atoms with Gasteiger partial charge in [0.25, 0.3) is 0 Å². The first-order valence-corrected chi connectivity index (χ1v) is 6.90. The number of rotatable bonds is 3. The van der Waals surface area contributed by atoms with E-state index in [1.54, 1.807) is 0 Å². The Morgan fingerprint density at radius 3 is 2.83 bits per heavy atom. The van der Waals surface area contributed by atoms with Crippen LogP contribution >= 0.6 is 0 Å². The lowest BCUT2D eigenvalue weighted by Crippen LogP contribution is -2.44. The number of benzene rings is 1. The van der Waals surface area contributed by atoms with Crippen molar-refractivity contribution in [3.63, 3.8) is 0 Å². The van der Waals surface area contributed by atoms with Gasteiger partial charge in [-0.15, -0.1) is 0 Å². The molecule has 3 unspecified atom stereocenters. The molecule has 0 aliphatic carbocycles. The van der Waals surface area contributed by atoms with Gasteiger partial charge in [-0.05, 0) is 44.0 Å². The van der Waals surface area contributed by atoms with E-state index in [1.165, 1.54) is 0 Å². The van der Waals surface area contributed by atoms with E-state index in [0.29, 0.717) is 12.5 Å². The average molecular weight is 247 g/mol. The molecule has 0 amide bonds. The molecule has 3 atom stereocenters. The summed E-state index contributed by atoms with van der Waals surface area (Å²) in [5.74, 6) is 1.28. The highest BCUT2D eigenvalue weighted by Crippen LogP contribution is 2.42. The predicted octanol–water partition coefficient (Wildman–Crippen LogP) is 2.00.